The zero-order chi connectivity index (χ0) is 16.2. The molecule has 0 heterocycles. The molecule has 1 aromatic rings. The molecule has 0 fully saturated rings. The highest BCUT2D eigenvalue weighted by Gasteiger charge is 2.27. The lowest BCUT2D eigenvalue weighted by atomic mass is 10.2. The number of amides is 4. The lowest BCUT2D eigenvalue weighted by Gasteiger charge is -2.23. The van der Waals surface area contributed by atoms with Crippen LogP contribution in [0.15, 0.2) is 24.3 Å². The first kappa shape index (κ1) is 17.0. The Morgan fingerprint density at radius 2 is 1.86 bits per heavy atom. The predicted octanol–water partition coefficient (Wildman–Crippen LogP) is 1.91. The van der Waals surface area contributed by atoms with E-state index in [2.05, 4.69) is 5.32 Å². The third-order valence-electron chi connectivity index (χ3n) is 2.52. The highest BCUT2D eigenvalue weighted by molar-refractivity contribution is 7.88. The Kier molecular flexibility index (Phi) is 5.31. The molecule has 0 unspecified atom stereocenters. The fraction of sp³-hybridized carbons (Fsp3) is 0.385. The van der Waals surface area contributed by atoms with Crippen LogP contribution in [0.5, 0.6) is 0 Å². The number of hydrogen-bond donors (Lipinski definition) is 2. The minimum absolute atomic E-state index is 0.510. The second-order valence-corrected chi connectivity index (χ2v) is 6.77. The molecular weight excluding hydrogens is 294 g/mol. The Balaban J connectivity index is 2.76. The molecule has 21 heavy (non-hydrogen) atoms. The van der Waals surface area contributed by atoms with Crippen LogP contribution in [0, 0.1) is 6.92 Å². The molecule has 0 atom stereocenters. The summed E-state index contributed by atoms with van der Waals surface area (Å²) in [4.78, 5) is 23.6. The fourth-order valence-corrected chi connectivity index (χ4v) is 2.92. The van der Waals surface area contributed by atoms with Gasteiger partial charge in [-0.15, -0.1) is 0 Å². The minimum Gasteiger partial charge on any atom is -0.308 e. The molecule has 0 radical (unpaired) electrons. The van der Waals surface area contributed by atoms with Crippen LogP contribution in [-0.2, 0) is 10.0 Å². The van der Waals surface area contributed by atoms with Crippen LogP contribution >= 0.6 is 0 Å². The van der Waals surface area contributed by atoms with E-state index in [0.29, 0.717) is 9.99 Å². The number of imide groups is 1. The number of benzene rings is 1. The number of aryl methyl sites for hydroxylation is 1. The van der Waals surface area contributed by atoms with Crippen molar-refractivity contribution >= 4 is 27.8 Å². The Morgan fingerprint density at radius 3 is 2.33 bits per heavy atom. The maximum absolute atomic E-state index is 11.9. The van der Waals surface area contributed by atoms with Gasteiger partial charge in [0.2, 0.25) is 10.0 Å². The first-order valence-electron chi connectivity index (χ1n) is 6.29. The number of carbonyl (C=O) groups excluding carboxylic acids is 2. The van der Waals surface area contributed by atoms with Gasteiger partial charge in [-0.25, -0.2) is 22.3 Å². The van der Waals surface area contributed by atoms with E-state index in [1.807, 2.05) is 18.3 Å². The van der Waals surface area contributed by atoms with Crippen LogP contribution in [0.2, 0.25) is 0 Å². The molecule has 0 aliphatic heterocycles. The molecule has 0 bridgehead atoms. The Morgan fingerprint density at radius 1 is 1.24 bits per heavy atom. The van der Waals surface area contributed by atoms with Crippen LogP contribution in [0.25, 0.3) is 0 Å². The van der Waals surface area contributed by atoms with Gasteiger partial charge in [0, 0.05) is 11.7 Å². The zero-order valence-corrected chi connectivity index (χ0v) is 13.2. The molecule has 116 valence electrons. The van der Waals surface area contributed by atoms with Crippen molar-refractivity contribution in [2.75, 3.05) is 11.6 Å². The van der Waals surface area contributed by atoms with E-state index >= 15 is 0 Å². The molecule has 1 aromatic carbocycles. The van der Waals surface area contributed by atoms with Crippen molar-refractivity contribution in [1.29, 1.82) is 0 Å². The smallest absolute Gasteiger partial charge is 0.308 e. The summed E-state index contributed by atoms with van der Waals surface area (Å²) in [6, 6.07) is 4.63. The highest BCUT2D eigenvalue weighted by atomic mass is 32.2. The second-order valence-electron chi connectivity index (χ2n) is 4.91. The van der Waals surface area contributed by atoms with Crippen LogP contribution in [-0.4, -0.2) is 37.1 Å². The lowest BCUT2D eigenvalue weighted by Crippen LogP contribution is -2.49. The molecule has 4 amide bonds. The molecule has 0 spiro atoms. The summed E-state index contributed by atoms with van der Waals surface area (Å²) >= 11 is 0. The third kappa shape index (κ3) is 5.07. The maximum atomic E-state index is 11.9. The second kappa shape index (κ2) is 6.57. The third-order valence-corrected chi connectivity index (χ3v) is 3.82. The predicted molar refractivity (Wildman–Crippen MR) is 80.5 cm³/mol. The number of rotatable bonds is 3. The van der Waals surface area contributed by atoms with Gasteiger partial charge in [-0.1, -0.05) is 12.1 Å². The number of sulfonamides is 1. The molecule has 0 aliphatic carbocycles. The molecule has 0 aliphatic rings. The van der Waals surface area contributed by atoms with Crippen molar-refractivity contribution in [1.82, 2.24) is 9.62 Å². The first-order chi connectivity index (χ1) is 9.61. The van der Waals surface area contributed by atoms with Gasteiger partial charge in [-0.05, 0) is 38.5 Å². The van der Waals surface area contributed by atoms with Gasteiger partial charge in [-0.2, -0.15) is 0 Å². The van der Waals surface area contributed by atoms with Crippen molar-refractivity contribution in [3.63, 3.8) is 0 Å². The van der Waals surface area contributed by atoms with Crippen LogP contribution in [0.3, 0.4) is 0 Å². The van der Waals surface area contributed by atoms with Gasteiger partial charge in [0.05, 0.1) is 6.26 Å². The van der Waals surface area contributed by atoms with Crippen LogP contribution in [0.1, 0.15) is 19.4 Å². The van der Waals surface area contributed by atoms with Crippen molar-refractivity contribution in [2.24, 2.45) is 0 Å². The van der Waals surface area contributed by atoms with Gasteiger partial charge >= 0.3 is 12.1 Å². The summed E-state index contributed by atoms with van der Waals surface area (Å²) in [5, 5.41) is 4.46. The summed E-state index contributed by atoms with van der Waals surface area (Å²) in [6.07, 6.45) is 0.908. The Labute approximate surface area is 124 Å². The average Bonchev–Trinajstić information content (AvgIpc) is 2.25. The maximum Gasteiger partial charge on any atom is 0.339 e. The minimum atomic E-state index is -3.75. The molecule has 0 saturated carbocycles. The molecule has 2 N–H and O–H groups in total. The first-order valence-corrected chi connectivity index (χ1v) is 8.14. The number of anilines is 1. The van der Waals surface area contributed by atoms with E-state index in [4.69, 9.17) is 0 Å². The van der Waals surface area contributed by atoms with Gasteiger partial charge in [0.25, 0.3) is 0 Å². The average molecular weight is 313 g/mol. The molecule has 0 saturated heterocycles. The summed E-state index contributed by atoms with van der Waals surface area (Å²) < 4.78 is 23.7. The van der Waals surface area contributed by atoms with Crippen molar-refractivity contribution in [3.05, 3.63) is 29.8 Å². The molecular formula is C13H19N3O4S. The van der Waals surface area contributed by atoms with E-state index < -0.39 is 28.1 Å². The quantitative estimate of drug-likeness (QED) is 0.891. The summed E-state index contributed by atoms with van der Waals surface area (Å²) in [5.74, 6) is 0. The topological polar surface area (TPSA) is 95.6 Å². The number of nitrogens with zero attached hydrogens (tertiary/aromatic N) is 1. The zero-order valence-electron chi connectivity index (χ0n) is 12.4. The molecule has 1 rings (SSSR count). The molecule has 8 heteroatoms. The standard InChI is InChI=1S/C13H19N3O4S/c1-9(2)16(21(4,19)20)13(18)15-12(17)14-11-7-5-6-10(3)8-11/h5-9H,1-4H3,(H2,14,15,17,18). The van der Waals surface area contributed by atoms with E-state index in [9.17, 15) is 18.0 Å². The number of hydrogen-bond acceptors (Lipinski definition) is 4. The Bertz CT molecular complexity index is 641. The highest BCUT2D eigenvalue weighted by Crippen LogP contribution is 2.10. The number of nitrogens with one attached hydrogen (secondary N) is 2. The van der Waals surface area contributed by atoms with E-state index in [1.165, 1.54) is 0 Å². The van der Waals surface area contributed by atoms with Crippen molar-refractivity contribution in [2.45, 2.75) is 26.8 Å². The molecule has 0 aromatic heterocycles. The summed E-state index contributed by atoms with van der Waals surface area (Å²) in [6.45, 7) is 4.94. The van der Waals surface area contributed by atoms with Crippen LogP contribution in [0.4, 0.5) is 15.3 Å². The largest absolute Gasteiger partial charge is 0.339 e. The van der Waals surface area contributed by atoms with E-state index in [0.717, 1.165) is 11.8 Å². The SMILES string of the molecule is Cc1cccc(NC(=O)NC(=O)N(C(C)C)S(C)(=O)=O)c1. The monoisotopic (exact) mass is 313 g/mol. The Hall–Kier alpha value is -2.09. The van der Waals surface area contributed by atoms with Crippen molar-refractivity contribution in [3.8, 4) is 0 Å². The van der Waals surface area contributed by atoms with Gasteiger partial charge in [0.1, 0.15) is 0 Å². The van der Waals surface area contributed by atoms with E-state index in [-0.39, 0.29) is 0 Å². The van der Waals surface area contributed by atoms with Gasteiger partial charge < -0.3 is 5.32 Å². The van der Waals surface area contributed by atoms with Crippen molar-refractivity contribution < 1.29 is 18.0 Å². The summed E-state index contributed by atoms with van der Waals surface area (Å²) in [7, 11) is -3.75. The fourth-order valence-electron chi connectivity index (χ4n) is 1.81. The van der Waals surface area contributed by atoms with Gasteiger partial charge in [0.15, 0.2) is 0 Å². The summed E-state index contributed by atoms with van der Waals surface area (Å²) in [5.41, 5.74) is 1.45. The number of urea groups is 2. The van der Waals surface area contributed by atoms with Gasteiger partial charge in [-0.3, -0.25) is 5.32 Å². The number of carbonyl (C=O) groups is 2. The van der Waals surface area contributed by atoms with Crippen LogP contribution < -0.4 is 10.6 Å². The molecule has 7 nitrogen and oxygen atoms in total. The normalized spacial score (nSPS) is 11.1. The van der Waals surface area contributed by atoms with E-state index in [1.54, 1.807) is 32.0 Å². The lowest BCUT2D eigenvalue weighted by molar-refractivity contribution is 0.213.